The third-order valence-corrected chi connectivity index (χ3v) is 5.71. The van der Waals surface area contributed by atoms with Crippen LogP contribution < -0.4 is 4.74 Å². The molecular weight excluding hydrogens is 356 g/mol. The molecule has 1 unspecified atom stereocenters. The van der Waals surface area contributed by atoms with Crippen molar-refractivity contribution in [3.05, 3.63) is 42.0 Å². The lowest BCUT2D eigenvalue weighted by Gasteiger charge is -2.07. The van der Waals surface area contributed by atoms with Crippen molar-refractivity contribution in [3.8, 4) is 5.75 Å². The first-order valence-corrected chi connectivity index (χ1v) is 12.4. The van der Waals surface area contributed by atoms with Crippen molar-refractivity contribution in [2.45, 2.75) is 109 Å². The molecule has 164 valence electrons. The highest BCUT2D eigenvalue weighted by molar-refractivity contribution is 5.28. The Labute approximate surface area is 180 Å². The first kappa shape index (κ1) is 24.0. The van der Waals surface area contributed by atoms with Crippen molar-refractivity contribution in [1.29, 1.82) is 0 Å². The molecule has 2 heteroatoms. The SMILES string of the molecule is CCCCC/C=C/CCCCCCCCCCCc1cccc(OCC2CO2)c1. The Morgan fingerprint density at radius 2 is 1.48 bits per heavy atom. The fraction of sp³-hybridized carbons (Fsp3) is 0.704. The Bertz CT molecular complexity index is 533. The number of aryl methyl sites for hydroxylation is 1. The molecule has 0 saturated carbocycles. The van der Waals surface area contributed by atoms with E-state index in [2.05, 4.69) is 43.3 Å². The first-order valence-electron chi connectivity index (χ1n) is 12.4. The fourth-order valence-corrected chi connectivity index (χ4v) is 3.72. The maximum Gasteiger partial charge on any atom is 0.119 e. The van der Waals surface area contributed by atoms with Gasteiger partial charge in [-0.05, 0) is 56.2 Å². The monoisotopic (exact) mass is 400 g/mol. The number of hydrogen-bond acceptors (Lipinski definition) is 2. The molecule has 2 rings (SSSR count). The van der Waals surface area contributed by atoms with Gasteiger partial charge in [-0.3, -0.25) is 0 Å². The van der Waals surface area contributed by atoms with E-state index in [1.807, 2.05) is 0 Å². The molecule has 1 aliphatic heterocycles. The van der Waals surface area contributed by atoms with Gasteiger partial charge in [0.1, 0.15) is 18.5 Å². The quantitative estimate of drug-likeness (QED) is 0.133. The minimum Gasteiger partial charge on any atom is -0.491 e. The highest BCUT2D eigenvalue weighted by Crippen LogP contribution is 2.18. The van der Waals surface area contributed by atoms with Gasteiger partial charge in [0.05, 0.1) is 6.61 Å². The van der Waals surface area contributed by atoms with Crippen molar-refractivity contribution >= 4 is 0 Å². The molecule has 0 radical (unpaired) electrons. The zero-order chi connectivity index (χ0) is 20.4. The molecule has 29 heavy (non-hydrogen) atoms. The van der Waals surface area contributed by atoms with E-state index in [4.69, 9.17) is 9.47 Å². The van der Waals surface area contributed by atoms with Crippen LogP contribution in [0.4, 0.5) is 0 Å². The van der Waals surface area contributed by atoms with Crippen LogP contribution in [0, 0.1) is 0 Å². The van der Waals surface area contributed by atoms with Crippen LogP contribution in [-0.4, -0.2) is 19.3 Å². The van der Waals surface area contributed by atoms with Crippen molar-refractivity contribution < 1.29 is 9.47 Å². The Kier molecular flexibility index (Phi) is 13.7. The molecule has 0 aromatic heterocycles. The molecule has 0 N–H and O–H groups in total. The van der Waals surface area contributed by atoms with E-state index in [-0.39, 0.29) is 0 Å². The normalized spacial score (nSPS) is 15.8. The van der Waals surface area contributed by atoms with Crippen LogP contribution in [0.2, 0.25) is 0 Å². The zero-order valence-corrected chi connectivity index (χ0v) is 18.9. The van der Waals surface area contributed by atoms with E-state index >= 15 is 0 Å². The van der Waals surface area contributed by atoms with Crippen LogP contribution in [0.3, 0.4) is 0 Å². The first-order chi connectivity index (χ1) is 14.4. The second kappa shape index (κ2) is 16.5. The van der Waals surface area contributed by atoms with Crippen LogP contribution in [0.1, 0.15) is 102 Å². The number of hydrogen-bond donors (Lipinski definition) is 0. The molecule has 2 nitrogen and oxygen atoms in total. The Morgan fingerprint density at radius 1 is 0.862 bits per heavy atom. The summed E-state index contributed by atoms with van der Waals surface area (Å²) in [4.78, 5) is 0. The predicted octanol–water partition coefficient (Wildman–Crippen LogP) is 8.04. The van der Waals surface area contributed by atoms with Gasteiger partial charge in [0.2, 0.25) is 0 Å². The van der Waals surface area contributed by atoms with Gasteiger partial charge in [-0.15, -0.1) is 0 Å². The molecule has 1 aromatic rings. The second-order valence-corrected chi connectivity index (χ2v) is 8.60. The Hall–Kier alpha value is -1.28. The number of benzene rings is 1. The van der Waals surface area contributed by atoms with Gasteiger partial charge < -0.3 is 9.47 Å². The summed E-state index contributed by atoms with van der Waals surface area (Å²) in [6.07, 6.45) is 25.4. The van der Waals surface area contributed by atoms with Crippen LogP contribution in [0.5, 0.6) is 5.75 Å². The maximum atomic E-state index is 5.77. The summed E-state index contributed by atoms with van der Waals surface area (Å²) in [7, 11) is 0. The molecule has 1 aromatic carbocycles. The molecule has 1 atom stereocenters. The summed E-state index contributed by atoms with van der Waals surface area (Å²) >= 11 is 0. The van der Waals surface area contributed by atoms with Crippen LogP contribution in [0.15, 0.2) is 36.4 Å². The van der Waals surface area contributed by atoms with Gasteiger partial charge in [0.15, 0.2) is 0 Å². The third kappa shape index (κ3) is 13.5. The Balaban J connectivity index is 1.34. The highest BCUT2D eigenvalue weighted by atomic mass is 16.6. The van der Waals surface area contributed by atoms with Gasteiger partial charge in [-0.2, -0.15) is 0 Å². The third-order valence-electron chi connectivity index (χ3n) is 5.71. The number of epoxide rings is 1. The van der Waals surface area contributed by atoms with Crippen molar-refractivity contribution in [2.24, 2.45) is 0 Å². The standard InChI is InChI=1S/C27H44O2/c1-2-3-4-5-6-7-8-9-10-11-12-13-14-15-16-17-19-25-20-18-21-26(22-25)28-23-27-24-29-27/h6-7,18,20-22,27H,2-5,8-17,19,23-24H2,1H3/b7-6+. The largest absolute Gasteiger partial charge is 0.491 e. The average Bonchev–Trinajstić information content (AvgIpc) is 3.57. The van der Waals surface area contributed by atoms with Gasteiger partial charge in [0, 0.05) is 0 Å². The lowest BCUT2D eigenvalue weighted by atomic mass is 10.0. The summed E-state index contributed by atoms with van der Waals surface area (Å²) in [6, 6.07) is 8.58. The number of rotatable bonds is 19. The molecule has 0 bridgehead atoms. The summed E-state index contributed by atoms with van der Waals surface area (Å²) < 4.78 is 11.0. The fourth-order valence-electron chi connectivity index (χ4n) is 3.72. The summed E-state index contributed by atoms with van der Waals surface area (Å²) in [6.45, 7) is 3.82. The van der Waals surface area contributed by atoms with E-state index < -0.39 is 0 Å². The number of unbranched alkanes of at least 4 members (excludes halogenated alkanes) is 12. The van der Waals surface area contributed by atoms with E-state index in [0.717, 1.165) is 12.4 Å². The second-order valence-electron chi connectivity index (χ2n) is 8.60. The van der Waals surface area contributed by atoms with Crippen molar-refractivity contribution in [1.82, 2.24) is 0 Å². The summed E-state index contributed by atoms with van der Waals surface area (Å²) in [5.41, 5.74) is 1.40. The summed E-state index contributed by atoms with van der Waals surface area (Å²) in [5, 5.41) is 0. The number of ether oxygens (including phenoxy) is 2. The predicted molar refractivity (Wildman–Crippen MR) is 125 cm³/mol. The zero-order valence-electron chi connectivity index (χ0n) is 18.9. The lowest BCUT2D eigenvalue weighted by molar-refractivity contribution is 0.263. The van der Waals surface area contributed by atoms with Crippen molar-refractivity contribution in [3.63, 3.8) is 0 Å². The van der Waals surface area contributed by atoms with E-state index in [1.54, 1.807) is 0 Å². The van der Waals surface area contributed by atoms with Crippen LogP contribution in [0.25, 0.3) is 0 Å². The average molecular weight is 401 g/mol. The lowest BCUT2D eigenvalue weighted by Crippen LogP contribution is -2.04. The van der Waals surface area contributed by atoms with Gasteiger partial charge in [0.25, 0.3) is 0 Å². The molecule has 0 aliphatic carbocycles. The maximum absolute atomic E-state index is 5.77. The Morgan fingerprint density at radius 3 is 2.14 bits per heavy atom. The van der Waals surface area contributed by atoms with Gasteiger partial charge in [-0.25, -0.2) is 0 Å². The highest BCUT2D eigenvalue weighted by Gasteiger charge is 2.22. The van der Waals surface area contributed by atoms with E-state index in [0.29, 0.717) is 12.7 Å². The number of allylic oxidation sites excluding steroid dienone is 2. The molecule has 1 heterocycles. The van der Waals surface area contributed by atoms with E-state index in [9.17, 15) is 0 Å². The molecule has 1 aliphatic rings. The van der Waals surface area contributed by atoms with Crippen molar-refractivity contribution in [2.75, 3.05) is 13.2 Å². The van der Waals surface area contributed by atoms with Crippen LogP contribution >= 0.6 is 0 Å². The molecule has 0 amide bonds. The molecule has 0 spiro atoms. The van der Waals surface area contributed by atoms with Gasteiger partial charge >= 0.3 is 0 Å². The van der Waals surface area contributed by atoms with Gasteiger partial charge in [-0.1, -0.05) is 89.0 Å². The minimum absolute atomic E-state index is 0.329. The van der Waals surface area contributed by atoms with E-state index in [1.165, 1.54) is 102 Å². The molecular formula is C27H44O2. The topological polar surface area (TPSA) is 21.8 Å². The van der Waals surface area contributed by atoms with Crippen LogP contribution in [-0.2, 0) is 11.2 Å². The minimum atomic E-state index is 0.329. The molecule has 1 fully saturated rings. The summed E-state index contributed by atoms with van der Waals surface area (Å²) in [5.74, 6) is 0.991. The molecule has 1 saturated heterocycles. The smallest absolute Gasteiger partial charge is 0.119 e.